The van der Waals surface area contributed by atoms with Gasteiger partial charge in [-0.05, 0) is 42.5 Å². The third kappa shape index (κ3) is 2.52. The molecule has 0 N–H and O–H groups in total. The highest BCUT2D eigenvalue weighted by atomic mass is 19.1. The Labute approximate surface area is 159 Å². The van der Waals surface area contributed by atoms with E-state index in [-0.39, 0.29) is 12.8 Å². The van der Waals surface area contributed by atoms with Crippen LogP contribution in [0.15, 0.2) is 47.6 Å². The number of oxime groups is 1. The Kier molecular flexibility index (Phi) is 3.61. The normalized spacial score (nSPS) is 23.2. The van der Waals surface area contributed by atoms with Crippen LogP contribution in [0.4, 0.5) is 10.1 Å². The number of rotatable bonds is 2. The molecule has 3 aliphatic heterocycles. The second-order valence-corrected chi connectivity index (χ2v) is 6.85. The molecule has 0 saturated carbocycles. The van der Waals surface area contributed by atoms with Crippen molar-refractivity contribution in [2.45, 2.75) is 18.4 Å². The first-order valence-corrected chi connectivity index (χ1v) is 8.84. The van der Waals surface area contributed by atoms with Crippen LogP contribution in [-0.4, -0.2) is 36.3 Å². The number of carbonyl (C=O) groups excluding carboxylic acids is 2. The Morgan fingerprint density at radius 1 is 0.964 bits per heavy atom. The molecule has 0 aliphatic carbocycles. The maximum absolute atomic E-state index is 13.2. The number of nitrogens with zero attached hydrogens (tertiary/aromatic N) is 2. The first-order chi connectivity index (χ1) is 13.6. The molecule has 0 radical (unpaired) electrons. The lowest BCUT2D eigenvalue weighted by Crippen LogP contribution is -2.40. The van der Waals surface area contributed by atoms with Crippen molar-refractivity contribution < 1.29 is 28.3 Å². The van der Waals surface area contributed by atoms with Crippen LogP contribution in [-0.2, 0) is 14.4 Å². The number of hydrogen-bond acceptors (Lipinski definition) is 6. The summed E-state index contributed by atoms with van der Waals surface area (Å²) in [6.45, 7) is 0.957. The molecule has 1 fully saturated rings. The Balaban J connectivity index is 1.40. The number of fused-ring (bicyclic) bond motifs is 1. The van der Waals surface area contributed by atoms with E-state index in [1.54, 1.807) is 12.1 Å². The first-order valence-electron chi connectivity index (χ1n) is 8.84. The van der Waals surface area contributed by atoms with Crippen molar-refractivity contribution in [2.24, 2.45) is 5.16 Å². The van der Waals surface area contributed by atoms with E-state index in [1.807, 2.05) is 6.07 Å². The van der Waals surface area contributed by atoms with Crippen LogP contribution in [0.25, 0.3) is 0 Å². The number of imide groups is 1. The fraction of sp³-hybridized carbons (Fsp3) is 0.250. The van der Waals surface area contributed by atoms with Crippen molar-refractivity contribution in [3.63, 3.8) is 0 Å². The molecule has 2 aromatic rings. The average Bonchev–Trinajstić information content (AvgIpc) is 3.24. The van der Waals surface area contributed by atoms with E-state index in [1.165, 1.54) is 24.3 Å². The summed E-state index contributed by atoms with van der Waals surface area (Å²) in [5, 5.41) is 4.08. The molecule has 8 heteroatoms. The largest absolute Gasteiger partial charge is 0.486 e. The van der Waals surface area contributed by atoms with Crippen LogP contribution in [0.3, 0.4) is 0 Å². The molecular formula is C20H15FN2O5. The molecule has 7 nitrogen and oxygen atoms in total. The summed E-state index contributed by atoms with van der Waals surface area (Å²) >= 11 is 0. The van der Waals surface area contributed by atoms with Crippen molar-refractivity contribution in [3.05, 3.63) is 53.8 Å². The van der Waals surface area contributed by atoms with Gasteiger partial charge in [-0.3, -0.25) is 9.59 Å². The van der Waals surface area contributed by atoms with Gasteiger partial charge in [0.25, 0.3) is 5.91 Å². The van der Waals surface area contributed by atoms with E-state index in [4.69, 9.17) is 14.3 Å². The van der Waals surface area contributed by atoms with Crippen molar-refractivity contribution in [1.29, 1.82) is 0 Å². The van der Waals surface area contributed by atoms with Crippen LogP contribution in [0.1, 0.15) is 18.4 Å². The zero-order valence-corrected chi connectivity index (χ0v) is 14.7. The Morgan fingerprint density at radius 3 is 2.50 bits per heavy atom. The molecule has 3 heterocycles. The minimum absolute atomic E-state index is 0.124. The van der Waals surface area contributed by atoms with Crippen LogP contribution >= 0.6 is 0 Å². The quantitative estimate of drug-likeness (QED) is 0.746. The number of hydrogen-bond donors (Lipinski definition) is 0. The number of amides is 2. The minimum Gasteiger partial charge on any atom is -0.486 e. The van der Waals surface area contributed by atoms with Crippen molar-refractivity contribution in [3.8, 4) is 11.5 Å². The van der Waals surface area contributed by atoms with E-state index in [0.717, 1.165) is 10.5 Å². The minimum atomic E-state index is -1.37. The number of ether oxygens (including phenoxy) is 2. The highest BCUT2D eigenvalue weighted by Gasteiger charge is 2.58. The molecule has 1 saturated heterocycles. The summed E-state index contributed by atoms with van der Waals surface area (Å²) in [6.07, 6.45) is 0.0374. The lowest BCUT2D eigenvalue weighted by molar-refractivity contribution is -0.136. The van der Waals surface area contributed by atoms with E-state index in [2.05, 4.69) is 5.16 Å². The number of halogens is 1. The van der Waals surface area contributed by atoms with E-state index >= 15 is 0 Å². The summed E-state index contributed by atoms with van der Waals surface area (Å²) < 4.78 is 24.3. The number of benzene rings is 2. The maximum Gasteiger partial charge on any atom is 0.281 e. The highest BCUT2D eigenvalue weighted by Crippen LogP contribution is 2.40. The van der Waals surface area contributed by atoms with Crippen molar-refractivity contribution >= 4 is 23.2 Å². The zero-order chi connectivity index (χ0) is 19.3. The van der Waals surface area contributed by atoms with E-state index in [9.17, 15) is 14.0 Å². The Morgan fingerprint density at radius 2 is 1.71 bits per heavy atom. The van der Waals surface area contributed by atoms with Gasteiger partial charge in [-0.2, -0.15) is 0 Å². The molecule has 142 valence electrons. The Bertz CT molecular complexity index is 1020. The molecular weight excluding hydrogens is 367 g/mol. The SMILES string of the molecule is O=C1CC2(CC(c3ccc4c(c3)OCCO4)=NO2)C(=O)N1c1ccc(F)cc1. The summed E-state index contributed by atoms with van der Waals surface area (Å²) in [4.78, 5) is 32.0. The first kappa shape index (κ1) is 16.7. The number of anilines is 1. The highest BCUT2D eigenvalue weighted by molar-refractivity contribution is 6.25. The van der Waals surface area contributed by atoms with E-state index < -0.39 is 23.2 Å². The van der Waals surface area contributed by atoms with Gasteiger partial charge in [0.1, 0.15) is 19.0 Å². The molecule has 1 atom stereocenters. The second-order valence-electron chi connectivity index (χ2n) is 6.85. The van der Waals surface area contributed by atoms with Gasteiger partial charge < -0.3 is 14.3 Å². The Hall–Kier alpha value is -3.42. The third-order valence-electron chi connectivity index (χ3n) is 5.02. The summed E-state index contributed by atoms with van der Waals surface area (Å²) in [5.41, 5.74) is 0.235. The molecule has 0 bridgehead atoms. The zero-order valence-electron chi connectivity index (χ0n) is 14.7. The molecule has 1 spiro atoms. The van der Waals surface area contributed by atoms with E-state index in [0.29, 0.717) is 36.1 Å². The fourth-order valence-corrected chi connectivity index (χ4v) is 3.63. The van der Waals surface area contributed by atoms with Gasteiger partial charge >= 0.3 is 0 Å². The lowest BCUT2D eigenvalue weighted by Gasteiger charge is -2.20. The molecule has 3 aliphatic rings. The van der Waals surface area contributed by atoms with Gasteiger partial charge in [-0.1, -0.05) is 5.16 Å². The summed E-state index contributed by atoms with van der Waals surface area (Å²) in [7, 11) is 0. The molecule has 28 heavy (non-hydrogen) atoms. The molecule has 0 aromatic heterocycles. The maximum atomic E-state index is 13.2. The topological polar surface area (TPSA) is 77.4 Å². The van der Waals surface area contributed by atoms with Crippen molar-refractivity contribution in [1.82, 2.24) is 0 Å². The van der Waals surface area contributed by atoms with Crippen LogP contribution in [0.5, 0.6) is 11.5 Å². The monoisotopic (exact) mass is 382 g/mol. The van der Waals surface area contributed by atoms with Gasteiger partial charge in [-0.25, -0.2) is 9.29 Å². The van der Waals surface area contributed by atoms with Gasteiger partial charge in [-0.15, -0.1) is 0 Å². The van der Waals surface area contributed by atoms with Crippen molar-refractivity contribution in [2.75, 3.05) is 18.1 Å². The van der Waals surface area contributed by atoms with Gasteiger partial charge in [0.15, 0.2) is 11.5 Å². The molecule has 2 amide bonds. The van der Waals surface area contributed by atoms with Crippen LogP contribution in [0, 0.1) is 5.82 Å². The fourth-order valence-electron chi connectivity index (χ4n) is 3.63. The average molecular weight is 382 g/mol. The molecule has 2 aromatic carbocycles. The lowest BCUT2D eigenvalue weighted by atomic mass is 9.92. The molecule has 5 rings (SSSR count). The van der Waals surface area contributed by atoms with Gasteiger partial charge in [0.05, 0.1) is 17.8 Å². The standard InChI is InChI=1S/C20H15FN2O5/c21-13-2-4-14(5-3-13)23-18(24)11-20(19(23)25)10-15(22-28-20)12-1-6-16-17(9-12)27-8-7-26-16/h1-6,9H,7-8,10-11H2. The summed E-state index contributed by atoms with van der Waals surface area (Å²) in [6, 6.07) is 10.6. The summed E-state index contributed by atoms with van der Waals surface area (Å²) in [5.74, 6) is -0.0949. The number of carbonyl (C=O) groups is 2. The predicted molar refractivity (Wildman–Crippen MR) is 95.9 cm³/mol. The smallest absolute Gasteiger partial charge is 0.281 e. The second kappa shape index (κ2) is 6.05. The van der Waals surface area contributed by atoms with Gasteiger partial charge in [0.2, 0.25) is 11.5 Å². The third-order valence-corrected chi connectivity index (χ3v) is 5.02. The van der Waals surface area contributed by atoms with Crippen LogP contribution in [0.2, 0.25) is 0 Å². The van der Waals surface area contributed by atoms with Gasteiger partial charge in [0, 0.05) is 12.0 Å². The predicted octanol–water partition coefficient (Wildman–Crippen LogP) is 2.42. The molecule has 1 unspecified atom stereocenters. The van der Waals surface area contributed by atoms with Crippen LogP contribution < -0.4 is 14.4 Å².